The van der Waals surface area contributed by atoms with E-state index in [2.05, 4.69) is 21.6 Å². The minimum atomic E-state index is 0.490. The molecular formula is C15H15ClN4. The van der Waals surface area contributed by atoms with E-state index in [1.807, 2.05) is 26.0 Å². The molecule has 0 bridgehead atoms. The molecule has 2 aromatic rings. The highest BCUT2D eigenvalue weighted by Gasteiger charge is 2.14. The summed E-state index contributed by atoms with van der Waals surface area (Å²) in [5.41, 5.74) is 3.23. The average Bonchev–Trinajstić information content (AvgIpc) is 2.48. The Bertz CT molecular complexity index is 644. The highest BCUT2D eigenvalue weighted by molar-refractivity contribution is 6.30. The molecule has 4 nitrogen and oxygen atoms in total. The van der Waals surface area contributed by atoms with Crippen LogP contribution in [-0.2, 0) is 12.8 Å². The van der Waals surface area contributed by atoms with Gasteiger partial charge in [0.1, 0.15) is 11.6 Å². The lowest BCUT2D eigenvalue weighted by molar-refractivity contribution is 0.877. The van der Waals surface area contributed by atoms with Gasteiger partial charge in [-0.1, -0.05) is 25.4 Å². The summed E-state index contributed by atoms with van der Waals surface area (Å²) < 4.78 is 0. The number of benzene rings is 1. The van der Waals surface area contributed by atoms with Crippen LogP contribution in [0.5, 0.6) is 0 Å². The van der Waals surface area contributed by atoms with Crippen molar-refractivity contribution in [1.29, 1.82) is 5.26 Å². The van der Waals surface area contributed by atoms with Crippen molar-refractivity contribution in [3.05, 3.63) is 46.1 Å². The van der Waals surface area contributed by atoms with Crippen LogP contribution in [0.1, 0.15) is 30.7 Å². The summed E-state index contributed by atoms with van der Waals surface area (Å²) in [6, 6.07) is 9.47. The van der Waals surface area contributed by atoms with Crippen LogP contribution < -0.4 is 5.32 Å². The van der Waals surface area contributed by atoms with Gasteiger partial charge in [-0.25, -0.2) is 0 Å². The predicted molar refractivity (Wildman–Crippen MR) is 80.2 cm³/mol. The maximum atomic E-state index is 9.39. The molecule has 0 aliphatic rings. The van der Waals surface area contributed by atoms with E-state index < -0.39 is 0 Å². The molecule has 0 aliphatic carbocycles. The quantitative estimate of drug-likeness (QED) is 0.927. The predicted octanol–water partition coefficient (Wildman–Crippen LogP) is 3.87. The van der Waals surface area contributed by atoms with Crippen LogP contribution in [0.15, 0.2) is 24.3 Å². The molecule has 0 fully saturated rings. The maximum Gasteiger partial charge on any atom is 0.171 e. The molecule has 20 heavy (non-hydrogen) atoms. The standard InChI is InChI=1S/C15H15ClN4/c1-3-12-13(9-17)15(20-19-14(12)4-2)18-11-7-5-10(16)6-8-11/h5-8H,3-4H2,1-2H3,(H,18,20). The van der Waals surface area contributed by atoms with Crippen LogP contribution >= 0.6 is 11.6 Å². The largest absolute Gasteiger partial charge is 0.338 e. The van der Waals surface area contributed by atoms with Crippen molar-refractivity contribution in [3.63, 3.8) is 0 Å². The SMILES string of the molecule is CCc1nnc(Nc2ccc(Cl)cc2)c(C#N)c1CC. The fraction of sp³-hybridized carbons (Fsp3) is 0.267. The Morgan fingerprint density at radius 2 is 1.85 bits per heavy atom. The van der Waals surface area contributed by atoms with E-state index in [1.54, 1.807) is 12.1 Å². The lowest BCUT2D eigenvalue weighted by Crippen LogP contribution is -2.07. The summed E-state index contributed by atoms with van der Waals surface area (Å²) >= 11 is 5.85. The van der Waals surface area contributed by atoms with Crippen LogP contribution in [0.2, 0.25) is 5.02 Å². The molecule has 0 unspecified atom stereocenters. The molecule has 0 amide bonds. The summed E-state index contributed by atoms with van der Waals surface area (Å²) in [6.45, 7) is 4.03. The molecule has 0 spiro atoms. The van der Waals surface area contributed by atoms with Crippen molar-refractivity contribution < 1.29 is 0 Å². The van der Waals surface area contributed by atoms with E-state index in [9.17, 15) is 5.26 Å². The second-order valence-electron chi connectivity index (χ2n) is 4.30. The van der Waals surface area contributed by atoms with Gasteiger partial charge in [0.05, 0.1) is 5.69 Å². The van der Waals surface area contributed by atoms with E-state index >= 15 is 0 Å². The van der Waals surface area contributed by atoms with E-state index in [0.29, 0.717) is 16.4 Å². The van der Waals surface area contributed by atoms with Crippen LogP contribution in [0.3, 0.4) is 0 Å². The third-order valence-corrected chi connectivity index (χ3v) is 3.32. The molecule has 1 aromatic heterocycles. The minimum absolute atomic E-state index is 0.490. The number of aromatic nitrogens is 2. The molecule has 0 aliphatic heterocycles. The van der Waals surface area contributed by atoms with Crippen LogP contribution in [0, 0.1) is 11.3 Å². The Morgan fingerprint density at radius 1 is 1.15 bits per heavy atom. The summed E-state index contributed by atoms with van der Waals surface area (Å²) in [5, 5.41) is 21.5. The molecule has 0 saturated carbocycles. The molecule has 0 atom stereocenters. The number of halogens is 1. The molecule has 5 heteroatoms. The van der Waals surface area contributed by atoms with Gasteiger partial charge in [0.2, 0.25) is 0 Å². The molecule has 1 N–H and O–H groups in total. The molecule has 0 radical (unpaired) electrons. The van der Waals surface area contributed by atoms with Gasteiger partial charge < -0.3 is 5.32 Å². The minimum Gasteiger partial charge on any atom is -0.338 e. The van der Waals surface area contributed by atoms with E-state index in [1.165, 1.54) is 0 Å². The molecule has 1 heterocycles. The third kappa shape index (κ3) is 2.89. The van der Waals surface area contributed by atoms with Gasteiger partial charge in [-0.05, 0) is 42.7 Å². The Labute approximate surface area is 123 Å². The molecule has 0 saturated heterocycles. The van der Waals surface area contributed by atoms with E-state index in [0.717, 1.165) is 29.8 Å². The summed E-state index contributed by atoms with van der Waals surface area (Å²) in [7, 11) is 0. The van der Waals surface area contributed by atoms with Gasteiger partial charge in [0.15, 0.2) is 5.82 Å². The number of aryl methyl sites for hydroxylation is 1. The Morgan fingerprint density at radius 3 is 2.40 bits per heavy atom. The summed E-state index contributed by atoms with van der Waals surface area (Å²) in [4.78, 5) is 0. The third-order valence-electron chi connectivity index (χ3n) is 3.06. The van der Waals surface area contributed by atoms with E-state index in [-0.39, 0.29) is 0 Å². The van der Waals surface area contributed by atoms with Crippen molar-refractivity contribution in [3.8, 4) is 6.07 Å². The lowest BCUT2D eigenvalue weighted by atomic mass is 10.0. The number of nitriles is 1. The molecule has 2 rings (SSSR count). The van der Waals surface area contributed by atoms with Gasteiger partial charge in [-0.3, -0.25) is 0 Å². The number of nitrogens with zero attached hydrogens (tertiary/aromatic N) is 3. The molecule has 1 aromatic carbocycles. The summed E-state index contributed by atoms with van der Waals surface area (Å²) in [6.07, 6.45) is 1.53. The second-order valence-corrected chi connectivity index (χ2v) is 4.74. The average molecular weight is 287 g/mol. The van der Waals surface area contributed by atoms with Crippen molar-refractivity contribution in [1.82, 2.24) is 10.2 Å². The number of anilines is 2. The van der Waals surface area contributed by atoms with Gasteiger partial charge in [0.25, 0.3) is 0 Å². The zero-order valence-corrected chi connectivity index (χ0v) is 12.2. The fourth-order valence-corrected chi connectivity index (χ4v) is 2.18. The number of hydrogen-bond donors (Lipinski definition) is 1. The van der Waals surface area contributed by atoms with Crippen LogP contribution in [-0.4, -0.2) is 10.2 Å². The molecule has 102 valence electrons. The van der Waals surface area contributed by atoms with Gasteiger partial charge in [0, 0.05) is 10.7 Å². The zero-order valence-electron chi connectivity index (χ0n) is 11.4. The monoisotopic (exact) mass is 286 g/mol. The Balaban J connectivity index is 2.42. The smallest absolute Gasteiger partial charge is 0.171 e. The van der Waals surface area contributed by atoms with Gasteiger partial charge >= 0.3 is 0 Å². The fourth-order valence-electron chi connectivity index (χ4n) is 2.05. The number of rotatable bonds is 4. The first kappa shape index (κ1) is 14.3. The normalized spacial score (nSPS) is 10.1. The first-order valence-electron chi connectivity index (χ1n) is 6.50. The first-order chi connectivity index (χ1) is 9.69. The lowest BCUT2D eigenvalue weighted by Gasteiger charge is -2.12. The van der Waals surface area contributed by atoms with E-state index in [4.69, 9.17) is 11.6 Å². The number of nitrogens with one attached hydrogen (secondary N) is 1. The zero-order chi connectivity index (χ0) is 14.5. The topological polar surface area (TPSA) is 61.6 Å². The Hall–Kier alpha value is -2.12. The van der Waals surface area contributed by atoms with Crippen molar-refractivity contribution in [2.24, 2.45) is 0 Å². The highest BCUT2D eigenvalue weighted by atomic mass is 35.5. The molecular weight excluding hydrogens is 272 g/mol. The van der Waals surface area contributed by atoms with Gasteiger partial charge in [-0.15, -0.1) is 5.10 Å². The van der Waals surface area contributed by atoms with Crippen LogP contribution in [0.4, 0.5) is 11.5 Å². The van der Waals surface area contributed by atoms with Crippen molar-refractivity contribution in [2.75, 3.05) is 5.32 Å². The Kier molecular flexibility index (Phi) is 4.54. The highest BCUT2D eigenvalue weighted by Crippen LogP contribution is 2.24. The maximum absolute atomic E-state index is 9.39. The second kappa shape index (κ2) is 6.36. The van der Waals surface area contributed by atoms with Crippen molar-refractivity contribution in [2.45, 2.75) is 26.7 Å². The first-order valence-corrected chi connectivity index (χ1v) is 6.88. The van der Waals surface area contributed by atoms with Crippen molar-refractivity contribution >= 4 is 23.1 Å². The van der Waals surface area contributed by atoms with Gasteiger partial charge in [-0.2, -0.15) is 10.4 Å². The number of hydrogen-bond acceptors (Lipinski definition) is 4. The van der Waals surface area contributed by atoms with Crippen LogP contribution in [0.25, 0.3) is 0 Å². The summed E-state index contributed by atoms with van der Waals surface area (Å²) in [5.74, 6) is 0.490.